The fourth-order valence-electron chi connectivity index (χ4n) is 2.97. The quantitative estimate of drug-likeness (QED) is 0.925. The van der Waals surface area contributed by atoms with Gasteiger partial charge < -0.3 is 9.88 Å². The van der Waals surface area contributed by atoms with Gasteiger partial charge in [-0.15, -0.1) is 0 Å². The average Bonchev–Trinajstić information content (AvgIpc) is 2.50. The Morgan fingerprint density at radius 2 is 2.09 bits per heavy atom. The van der Waals surface area contributed by atoms with Crippen LogP contribution in [-0.4, -0.2) is 17.7 Å². The van der Waals surface area contributed by atoms with Crippen LogP contribution >= 0.6 is 0 Å². The second kappa shape index (κ2) is 5.76. The van der Waals surface area contributed by atoms with E-state index in [0.717, 1.165) is 38.1 Å². The Morgan fingerprint density at radius 1 is 1.27 bits per heavy atom. The van der Waals surface area contributed by atoms with E-state index in [1.807, 2.05) is 0 Å². The summed E-state index contributed by atoms with van der Waals surface area (Å²) in [6, 6.07) is 4.86. The molecule has 22 heavy (non-hydrogen) atoms. The summed E-state index contributed by atoms with van der Waals surface area (Å²) in [6.07, 6.45) is -0.650. The lowest BCUT2D eigenvalue weighted by molar-refractivity contribution is -0.137. The van der Waals surface area contributed by atoms with Gasteiger partial charge in [0.15, 0.2) is 0 Å². The standard InChI is InChI=1S/C16H17F3N2O/c17-16(18,19)13-3-4-14-12(8-13)5-7-21(15(14)22)10-11-2-1-6-20-9-11/h3-5,7-8,11,20H,1-2,6,9-10H2. The largest absolute Gasteiger partial charge is 0.416 e. The van der Waals surface area contributed by atoms with Crippen LogP contribution in [0.4, 0.5) is 13.2 Å². The predicted octanol–water partition coefficient (Wildman–Crippen LogP) is 3.02. The molecule has 3 nitrogen and oxygen atoms in total. The average molecular weight is 310 g/mol. The highest BCUT2D eigenvalue weighted by Crippen LogP contribution is 2.30. The summed E-state index contributed by atoms with van der Waals surface area (Å²) in [4.78, 5) is 12.4. The summed E-state index contributed by atoms with van der Waals surface area (Å²) in [7, 11) is 0. The predicted molar refractivity (Wildman–Crippen MR) is 78.8 cm³/mol. The zero-order chi connectivity index (χ0) is 15.7. The number of pyridine rings is 1. The molecule has 0 bridgehead atoms. The van der Waals surface area contributed by atoms with Crippen molar-refractivity contribution in [1.29, 1.82) is 0 Å². The highest BCUT2D eigenvalue weighted by Gasteiger charge is 2.30. The molecule has 1 aliphatic rings. The molecule has 0 aliphatic carbocycles. The zero-order valence-electron chi connectivity index (χ0n) is 12.0. The second-order valence-corrected chi connectivity index (χ2v) is 5.79. The van der Waals surface area contributed by atoms with Gasteiger partial charge in [0.1, 0.15) is 0 Å². The van der Waals surface area contributed by atoms with Crippen molar-refractivity contribution in [1.82, 2.24) is 9.88 Å². The summed E-state index contributed by atoms with van der Waals surface area (Å²) in [6.45, 7) is 2.48. The molecule has 0 radical (unpaired) electrons. The van der Waals surface area contributed by atoms with Crippen molar-refractivity contribution in [2.24, 2.45) is 5.92 Å². The van der Waals surface area contributed by atoms with Gasteiger partial charge in [-0.05, 0) is 61.5 Å². The number of halogens is 3. The molecule has 1 aromatic carbocycles. The lowest BCUT2D eigenvalue weighted by atomic mass is 9.99. The van der Waals surface area contributed by atoms with Crippen molar-refractivity contribution in [3.8, 4) is 0 Å². The first-order chi connectivity index (χ1) is 10.4. The summed E-state index contributed by atoms with van der Waals surface area (Å²) in [5, 5.41) is 3.96. The van der Waals surface area contributed by atoms with Crippen LogP contribution in [0.1, 0.15) is 18.4 Å². The molecule has 1 aromatic heterocycles. The van der Waals surface area contributed by atoms with Gasteiger partial charge in [-0.3, -0.25) is 4.79 Å². The SMILES string of the molecule is O=c1c2ccc(C(F)(F)F)cc2ccn1CC1CCCNC1. The third kappa shape index (κ3) is 3.02. The third-order valence-electron chi connectivity index (χ3n) is 4.16. The van der Waals surface area contributed by atoms with Gasteiger partial charge in [-0.2, -0.15) is 13.2 Å². The molecule has 1 fully saturated rings. The van der Waals surface area contributed by atoms with Crippen LogP contribution in [0.5, 0.6) is 0 Å². The fourth-order valence-corrected chi connectivity index (χ4v) is 2.97. The first-order valence-electron chi connectivity index (χ1n) is 7.36. The minimum absolute atomic E-state index is 0.225. The van der Waals surface area contributed by atoms with Gasteiger partial charge in [-0.25, -0.2) is 0 Å². The van der Waals surface area contributed by atoms with E-state index in [-0.39, 0.29) is 5.56 Å². The Balaban J connectivity index is 1.94. The van der Waals surface area contributed by atoms with Crippen molar-refractivity contribution >= 4 is 10.8 Å². The number of piperidine rings is 1. The number of aromatic nitrogens is 1. The molecule has 0 amide bonds. The van der Waals surface area contributed by atoms with Crippen molar-refractivity contribution in [2.75, 3.05) is 13.1 Å². The smallest absolute Gasteiger partial charge is 0.316 e. The molecular formula is C16H17F3N2O. The fraction of sp³-hybridized carbons (Fsp3) is 0.438. The van der Waals surface area contributed by atoms with Gasteiger partial charge >= 0.3 is 6.18 Å². The van der Waals surface area contributed by atoms with Crippen LogP contribution in [0.3, 0.4) is 0 Å². The lowest BCUT2D eigenvalue weighted by Crippen LogP contribution is -2.34. The minimum atomic E-state index is -4.39. The maximum Gasteiger partial charge on any atom is 0.416 e. The van der Waals surface area contributed by atoms with Crippen molar-refractivity contribution in [3.05, 3.63) is 46.4 Å². The Kier molecular flexibility index (Phi) is 3.95. The monoisotopic (exact) mass is 310 g/mol. The summed E-state index contributed by atoms with van der Waals surface area (Å²) < 4.78 is 39.7. The van der Waals surface area contributed by atoms with Crippen LogP contribution in [-0.2, 0) is 12.7 Å². The Bertz CT molecular complexity index is 730. The number of hydrogen-bond donors (Lipinski definition) is 1. The van der Waals surface area contributed by atoms with Gasteiger partial charge in [0.25, 0.3) is 5.56 Å². The lowest BCUT2D eigenvalue weighted by Gasteiger charge is -2.23. The molecular weight excluding hydrogens is 293 g/mol. The van der Waals surface area contributed by atoms with E-state index < -0.39 is 11.7 Å². The molecule has 3 rings (SSSR count). The Labute approximate surface area is 125 Å². The Morgan fingerprint density at radius 3 is 2.77 bits per heavy atom. The molecule has 1 N–H and O–H groups in total. The van der Waals surface area contributed by atoms with Crippen molar-refractivity contribution in [3.63, 3.8) is 0 Å². The second-order valence-electron chi connectivity index (χ2n) is 5.79. The van der Waals surface area contributed by atoms with E-state index in [4.69, 9.17) is 0 Å². The van der Waals surface area contributed by atoms with Crippen LogP contribution in [0.2, 0.25) is 0 Å². The molecule has 0 spiro atoms. The minimum Gasteiger partial charge on any atom is -0.316 e. The number of alkyl halides is 3. The maximum atomic E-state index is 12.7. The molecule has 2 heterocycles. The molecule has 6 heteroatoms. The maximum absolute atomic E-state index is 12.7. The third-order valence-corrected chi connectivity index (χ3v) is 4.16. The number of benzene rings is 1. The zero-order valence-corrected chi connectivity index (χ0v) is 12.0. The van der Waals surface area contributed by atoms with E-state index in [0.29, 0.717) is 23.2 Å². The summed E-state index contributed by atoms with van der Waals surface area (Å²) >= 11 is 0. The van der Waals surface area contributed by atoms with Crippen molar-refractivity contribution < 1.29 is 13.2 Å². The molecule has 1 atom stereocenters. The molecule has 1 unspecified atom stereocenters. The summed E-state index contributed by atoms with van der Waals surface area (Å²) in [5.74, 6) is 0.387. The highest BCUT2D eigenvalue weighted by molar-refractivity contribution is 5.82. The van der Waals surface area contributed by atoms with E-state index in [9.17, 15) is 18.0 Å². The number of hydrogen-bond acceptors (Lipinski definition) is 2. The molecule has 2 aromatic rings. The van der Waals surface area contributed by atoms with Gasteiger partial charge in [0.2, 0.25) is 0 Å². The van der Waals surface area contributed by atoms with Gasteiger partial charge in [-0.1, -0.05) is 0 Å². The van der Waals surface area contributed by atoms with Crippen LogP contribution in [0, 0.1) is 5.92 Å². The van der Waals surface area contributed by atoms with E-state index >= 15 is 0 Å². The first-order valence-corrected chi connectivity index (χ1v) is 7.36. The molecule has 1 aliphatic heterocycles. The van der Waals surface area contributed by atoms with Gasteiger partial charge in [0.05, 0.1) is 5.56 Å². The van der Waals surface area contributed by atoms with E-state index in [2.05, 4.69) is 5.32 Å². The van der Waals surface area contributed by atoms with E-state index in [1.54, 1.807) is 16.8 Å². The number of fused-ring (bicyclic) bond motifs is 1. The Hall–Kier alpha value is -1.82. The van der Waals surface area contributed by atoms with E-state index in [1.165, 1.54) is 6.07 Å². The first kappa shape index (κ1) is 15.1. The van der Waals surface area contributed by atoms with Gasteiger partial charge in [0, 0.05) is 18.1 Å². The molecule has 0 saturated carbocycles. The highest BCUT2D eigenvalue weighted by atomic mass is 19.4. The van der Waals surface area contributed by atoms with Crippen molar-refractivity contribution in [2.45, 2.75) is 25.6 Å². The molecule has 118 valence electrons. The van der Waals surface area contributed by atoms with Crippen LogP contribution in [0.25, 0.3) is 10.8 Å². The summed E-state index contributed by atoms with van der Waals surface area (Å²) in [5.41, 5.74) is -0.953. The number of nitrogens with zero attached hydrogens (tertiary/aromatic N) is 1. The molecule has 1 saturated heterocycles. The normalized spacial score (nSPS) is 19.5. The number of nitrogens with one attached hydrogen (secondary N) is 1. The topological polar surface area (TPSA) is 34.0 Å². The number of rotatable bonds is 2. The van der Waals surface area contributed by atoms with Crippen LogP contribution < -0.4 is 10.9 Å². The van der Waals surface area contributed by atoms with Crippen LogP contribution in [0.15, 0.2) is 35.3 Å².